The highest BCUT2D eigenvalue weighted by Gasteiger charge is 2.63. The Kier molecular flexibility index (Phi) is 3.35. The summed E-state index contributed by atoms with van der Waals surface area (Å²) in [6, 6.07) is 0. The topological polar surface area (TPSA) is 20.2 Å². The number of alkyl halides is 1. The van der Waals surface area contributed by atoms with E-state index in [-0.39, 0.29) is 5.41 Å². The zero-order chi connectivity index (χ0) is 16.7. The normalized spacial score (nSPS) is 52.5. The summed E-state index contributed by atoms with van der Waals surface area (Å²) in [4.78, 5) is 0. The fraction of sp³-hybridized carbons (Fsp3) is 0.727. The second-order valence-corrected chi connectivity index (χ2v) is 11.4. The molecular formula is C22H29IO. The van der Waals surface area contributed by atoms with Crippen molar-refractivity contribution in [3.63, 3.8) is 0 Å². The molecule has 0 aromatic carbocycles. The van der Waals surface area contributed by atoms with Gasteiger partial charge in [-0.25, -0.2) is 0 Å². The van der Waals surface area contributed by atoms with E-state index in [9.17, 15) is 5.11 Å². The number of rotatable bonds is 0. The van der Waals surface area contributed by atoms with Crippen molar-refractivity contribution in [2.24, 2.45) is 28.6 Å². The van der Waals surface area contributed by atoms with E-state index in [4.69, 9.17) is 0 Å². The molecule has 24 heavy (non-hydrogen) atoms. The van der Waals surface area contributed by atoms with E-state index >= 15 is 0 Å². The fourth-order valence-electron chi connectivity index (χ4n) is 7.27. The second kappa shape index (κ2) is 5.00. The van der Waals surface area contributed by atoms with Gasteiger partial charge in [-0.1, -0.05) is 37.6 Å². The minimum absolute atomic E-state index is 0.138. The van der Waals surface area contributed by atoms with Crippen molar-refractivity contribution in [1.29, 1.82) is 0 Å². The van der Waals surface area contributed by atoms with Gasteiger partial charge < -0.3 is 5.11 Å². The van der Waals surface area contributed by atoms with Crippen LogP contribution in [0.25, 0.3) is 0 Å². The first-order valence-corrected chi connectivity index (χ1v) is 10.9. The molecule has 0 heterocycles. The molecule has 6 unspecified atom stereocenters. The third-order valence-electron chi connectivity index (χ3n) is 8.76. The summed E-state index contributed by atoms with van der Waals surface area (Å²) >= 11 is 2.37. The maximum Gasteiger partial charge on any atom is 0.121 e. The number of allylic oxidation sites excluding steroid dienone is 6. The van der Waals surface area contributed by atoms with Gasteiger partial charge in [0.1, 0.15) is 3.61 Å². The van der Waals surface area contributed by atoms with Gasteiger partial charge in [-0.05, 0) is 108 Å². The third kappa shape index (κ3) is 1.91. The van der Waals surface area contributed by atoms with Crippen molar-refractivity contribution >= 4 is 22.6 Å². The van der Waals surface area contributed by atoms with Crippen LogP contribution in [-0.4, -0.2) is 8.71 Å². The minimum Gasteiger partial charge on any atom is -0.379 e. The van der Waals surface area contributed by atoms with E-state index in [0.717, 1.165) is 30.6 Å². The van der Waals surface area contributed by atoms with Crippen molar-refractivity contribution in [2.75, 3.05) is 0 Å². The molecule has 0 bridgehead atoms. The Balaban J connectivity index is 1.51. The number of aliphatic hydroxyl groups is 1. The molecule has 1 N–H and O–H groups in total. The standard InChI is InChI=1S/C22H29IO/c1-20-13-15-5-3-4-14(15)12-16(20)6-7-17-18(20)8-10-21(2)19(17)9-11-22(21,23)24/h3,5,12,17-19,24H,4,6-11,13H2,1-2H3. The largest absolute Gasteiger partial charge is 0.379 e. The summed E-state index contributed by atoms with van der Waals surface area (Å²) < 4.78 is -0.478. The van der Waals surface area contributed by atoms with Gasteiger partial charge in [0.25, 0.3) is 0 Å². The maximum atomic E-state index is 11.0. The molecule has 5 aliphatic rings. The number of hydrogen-bond donors (Lipinski definition) is 1. The molecule has 5 aliphatic carbocycles. The Bertz CT molecular complexity index is 684. The molecule has 3 saturated carbocycles. The molecule has 0 aromatic heterocycles. The van der Waals surface area contributed by atoms with Crippen LogP contribution in [0.5, 0.6) is 0 Å². The summed E-state index contributed by atoms with van der Waals surface area (Å²) in [6.07, 6.45) is 17.1. The summed E-state index contributed by atoms with van der Waals surface area (Å²) in [5.41, 5.74) is 5.48. The van der Waals surface area contributed by atoms with Crippen LogP contribution in [-0.2, 0) is 0 Å². The predicted molar refractivity (Wildman–Crippen MR) is 107 cm³/mol. The van der Waals surface area contributed by atoms with Crippen LogP contribution in [0.15, 0.2) is 34.9 Å². The summed E-state index contributed by atoms with van der Waals surface area (Å²) in [7, 11) is 0. The monoisotopic (exact) mass is 436 g/mol. The van der Waals surface area contributed by atoms with Crippen molar-refractivity contribution in [3.05, 3.63) is 34.9 Å². The third-order valence-corrected chi connectivity index (χ3v) is 10.5. The summed E-state index contributed by atoms with van der Waals surface area (Å²) in [5, 5.41) is 11.0. The second-order valence-electron chi connectivity index (χ2n) is 9.59. The molecule has 2 heteroatoms. The molecule has 3 fully saturated rings. The molecule has 0 spiro atoms. The predicted octanol–water partition coefficient (Wildman–Crippen LogP) is 5.94. The molecule has 0 aliphatic heterocycles. The van der Waals surface area contributed by atoms with Crippen LogP contribution in [0.4, 0.5) is 0 Å². The molecule has 0 aromatic rings. The first-order chi connectivity index (χ1) is 11.4. The fourth-order valence-corrected chi connectivity index (χ4v) is 8.25. The Morgan fingerprint density at radius 1 is 1.08 bits per heavy atom. The van der Waals surface area contributed by atoms with Gasteiger partial charge in [-0.2, -0.15) is 0 Å². The molecule has 0 amide bonds. The Labute approximate surface area is 159 Å². The van der Waals surface area contributed by atoms with Crippen LogP contribution in [0.1, 0.15) is 65.2 Å². The molecule has 6 atom stereocenters. The first kappa shape index (κ1) is 16.1. The number of fused-ring (bicyclic) bond motifs is 5. The smallest absolute Gasteiger partial charge is 0.121 e. The zero-order valence-electron chi connectivity index (χ0n) is 14.9. The van der Waals surface area contributed by atoms with Crippen molar-refractivity contribution in [2.45, 2.75) is 68.8 Å². The Morgan fingerprint density at radius 3 is 2.71 bits per heavy atom. The van der Waals surface area contributed by atoms with Gasteiger partial charge in [0.15, 0.2) is 0 Å². The molecule has 0 saturated heterocycles. The molecular weight excluding hydrogens is 407 g/mol. The number of halogens is 1. The van der Waals surface area contributed by atoms with E-state index in [2.05, 4.69) is 54.7 Å². The lowest BCUT2D eigenvalue weighted by Crippen LogP contribution is -2.52. The van der Waals surface area contributed by atoms with E-state index in [0.29, 0.717) is 5.41 Å². The highest BCUT2D eigenvalue weighted by atomic mass is 127. The lowest BCUT2D eigenvalue weighted by Gasteiger charge is -2.58. The lowest BCUT2D eigenvalue weighted by molar-refractivity contribution is -0.0769. The van der Waals surface area contributed by atoms with Gasteiger partial charge in [0.2, 0.25) is 0 Å². The van der Waals surface area contributed by atoms with E-state index < -0.39 is 3.61 Å². The molecule has 5 rings (SSSR count). The molecule has 0 radical (unpaired) electrons. The van der Waals surface area contributed by atoms with Gasteiger partial charge in [-0.15, -0.1) is 0 Å². The molecule has 130 valence electrons. The van der Waals surface area contributed by atoms with Crippen molar-refractivity contribution < 1.29 is 5.11 Å². The van der Waals surface area contributed by atoms with Crippen LogP contribution >= 0.6 is 22.6 Å². The van der Waals surface area contributed by atoms with Crippen LogP contribution in [0, 0.1) is 28.6 Å². The Hall–Kier alpha value is -0.0900. The maximum absolute atomic E-state index is 11.0. The minimum atomic E-state index is -0.478. The van der Waals surface area contributed by atoms with Gasteiger partial charge >= 0.3 is 0 Å². The average molecular weight is 436 g/mol. The van der Waals surface area contributed by atoms with Crippen LogP contribution in [0.2, 0.25) is 0 Å². The van der Waals surface area contributed by atoms with Gasteiger partial charge in [0, 0.05) is 5.41 Å². The highest BCUT2D eigenvalue weighted by Crippen LogP contribution is 2.69. The molecule has 1 nitrogen and oxygen atoms in total. The zero-order valence-corrected chi connectivity index (χ0v) is 17.1. The summed E-state index contributed by atoms with van der Waals surface area (Å²) in [5.74, 6) is 2.37. The SMILES string of the molecule is CC12CC3=C(C=C1CCC1C2CCC2(C)C1CCC2(O)I)CC=C3. The quantitative estimate of drug-likeness (QED) is 0.368. The highest BCUT2D eigenvalue weighted by molar-refractivity contribution is 14.1. The number of hydrogen-bond acceptors (Lipinski definition) is 1. The first-order valence-electron chi connectivity index (χ1n) is 9.86. The van der Waals surface area contributed by atoms with Crippen molar-refractivity contribution in [3.8, 4) is 0 Å². The van der Waals surface area contributed by atoms with Crippen molar-refractivity contribution in [1.82, 2.24) is 0 Å². The van der Waals surface area contributed by atoms with Gasteiger partial charge in [-0.3, -0.25) is 0 Å². The summed E-state index contributed by atoms with van der Waals surface area (Å²) in [6.45, 7) is 4.96. The van der Waals surface area contributed by atoms with E-state index in [1.54, 1.807) is 16.7 Å². The van der Waals surface area contributed by atoms with Crippen LogP contribution < -0.4 is 0 Å². The van der Waals surface area contributed by atoms with Crippen LogP contribution in [0.3, 0.4) is 0 Å². The van der Waals surface area contributed by atoms with Gasteiger partial charge in [0.05, 0.1) is 0 Å². The lowest BCUT2D eigenvalue weighted by atomic mass is 9.47. The Morgan fingerprint density at radius 2 is 1.88 bits per heavy atom. The average Bonchev–Trinajstić information content (AvgIpc) is 3.06. The van der Waals surface area contributed by atoms with E-state index in [1.807, 2.05) is 0 Å². The van der Waals surface area contributed by atoms with E-state index in [1.165, 1.54) is 38.5 Å².